The number of unbranched alkanes of at least 4 members (excludes halogenated alkanes) is 1. The van der Waals surface area contributed by atoms with Gasteiger partial charge in [-0.15, -0.1) is 0 Å². The molecule has 1 aromatic carbocycles. The van der Waals surface area contributed by atoms with Crippen LogP contribution in [0.25, 0.3) is 0 Å². The molecule has 0 aliphatic rings. The topological polar surface area (TPSA) is 149 Å². The van der Waals surface area contributed by atoms with E-state index in [1.54, 1.807) is 12.1 Å². The van der Waals surface area contributed by atoms with E-state index in [4.69, 9.17) is 0 Å². The average Bonchev–Trinajstić information content (AvgIpc) is 2.81. The monoisotopic (exact) mass is 490 g/mol. The predicted octanol–water partition coefficient (Wildman–Crippen LogP) is -0.0872. The van der Waals surface area contributed by atoms with Crippen molar-refractivity contribution in [2.24, 2.45) is 0 Å². The van der Waals surface area contributed by atoms with Crippen molar-refractivity contribution in [2.45, 2.75) is 58.2 Å². The number of hydrogen-bond acceptors (Lipinski definition) is 6. The maximum Gasteiger partial charge on any atom is 0.251 e. The molecule has 11 heteroatoms. The number of hydrogen-bond donors (Lipinski definition) is 5. The Labute approximate surface area is 206 Å². The number of carbonyl (C=O) groups excluding carboxylic acids is 5. The molecule has 5 amide bonds. The van der Waals surface area contributed by atoms with Crippen LogP contribution in [0.15, 0.2) is 24.3 Å². The summed E-state index contributed by atoms with van der Waals surface area (Å²) in [6.07, 6.45) is 1.40. The number of anilines is 1. The molecule has 194 valence electrons. The minimum absolute atomic E-state index is 0.193. The van der Waals surface area contributed by atoms with Crippen LogP contribution < -0.4 is 31.5 Å². The fourth-order valence-corrected chi connectivity index (χ4v) is 3.22. The van der Waals surface area contributed by atoms with Crippen molar-refractivity contribution in [3.8, 4) is 0 Å². The highest BCUT2D eigenvalue weighted by Crippen LogP contribution is 2.12. The lowest BCUT2D eigenvalue weighted by Gasteiger charge is -2.22. The molecule has 3 atom stereocenters. The van der Waals surface area contributed by atoms with Gasteiger partial charge in [0.25, 0.3) is 5.91 Å². The summed E-state index contributed by atoms with van der Waals surface area (Å²) >= 11 is 0. The van der Waals surface area contributed by atoms with E-state index < -0.39 is 29.9 Å². The zero-order chi connectivity index (χ0) is 26.5. The Morgan fingerprint density at radius 2 is 1.43 bits per heavy atom. The van der Waals surface area contributed by atoms with Gasteiger partial charge in [0.05, 0.1) is 0 Å². The normalized spacial score (nSPS) is 13.0. The van der Waals surface area contributed by atoms with E-state index in [1.165, 1.54) is 27.8 Å². The van der Waals surface area contributed by atoms with Crippen molar-refractivity contribution in [1.29, 1.82) is 0 Å². The Balaban J connectivity index is 2.64. The van der Waals surface area contributed by atoms with Gasteiger partial charge in [-0.25, -0.2) is 0 Å². The third kappa shape index (κ3) is 10.4. The molecule has 0 fully saturated rings. The molecule has 0 aliphatic carbocycles. The van der Waals surface area contributed by atoms with E-state index in [0.29, 0.717) is 24.9 Å². The van der Waals surface area contributed by atoms with Crippen LogP contribution in [-0.4, -0.2) is 75.3 Å². The van der Waals surface area contributed by atoms with Gasteiger partial charge >= 0.3 is 0 Å². The second kappa shape index (κ2) is 14.6. The second-order valence-electron chi connectivity index (χ2n) is 8.52. The first-order chi connectivity index (χ1) is 16.5. The minimum Gasteiger partial charge on any atom is -0.378 e. The fourth-order valence-electron chi connectivity index (χ4n) is 3.22. The van der Waals surface area contributed by atoms with Gasteiger partial charge in [0.1, 0.15) is 18.1 Å². The molecule has 0 bridgehead atoms. The molecular formula is C24H38N6O5. The van der Waals surface area contributed by atoms with Crippen molar-refractivity contribution < 1.29 is 24.0 Å². The van der Waals surface area contributed by atoms with Crippen LogP contribution in [0.1, 0.15) is 50.4 Å². The van der Waals surface area contributed by atoms with E-state index in [-0.39, 0.29) is 24.1 Å². The molecule has 11 nitrogen and oxygen atoms in total. The fraction of sp³-hybridized carbons (Fsp3) is 0.542. The lowest BCUT2D eigenvalue weighted by atomic mass is 10.1. The van der Waals surface area contributed by atoms with Crippen LogP contribution in [0.4, 0.5) is 5.69 Å². The minimum atomic E-state index is -0.903. The molecule has 35 heavy (non-hydrogen) atoms. The number of rotatable bonds is 13. The first kappa shape index (κ1) is 29.4. The summed E-state index contributed by atoms with van der Waals surface area (Å²) in [5.41, 5.74) is 1.54. The van der Waals surface area contributed by atoms with Gasteiger partial charge in [-0.2, -0.15) is 0 Å². The summed E-state index contributed by atoms with van der Waals surface area (Å²) < 4.78 is 0. The number of nitrogens with one attached hydrogen (secondary N) is 5. The molecule has 0 heterocycles. The van der Waals surface area contributed by atoms with Crippen LogP contribution in [0.5, 0.6) is 0 Å². The van der Waals surface area contributed by atoms with Gasteiger partial charge < -0.3 is 31.5 Å². The molecule has 0 saturated carbocycles. The first-order valence-corrected chi connectivity index (χ1v) is 11.6. The van der Waals surface area contributed by atoms with E-state index in [0.717, 1.165) is 5.69 Å². The largest absolute Gasteiger partial charge is 0.378 e. The third-order valence-electron chi connectivity index (χ3n) is 5.30. The van der Waals surface area contributed by atoms with Crippen LogP contribution in [-0.2, 0) is 19.2 Å². The van der Waals surface area contributed by atoms with Crippen molar-refractivity contribution in [2.75, 3.05) is 32.6 Å². The van der Waals surface area contributed by atoms with E-state index >= 15 is 0 Å². The Morgan fingerprint density at radius 3 is 1.97 bits per heavy atom. The van der Waals surface area contributed by atoms with Crippen molar-refractivity contribution in [3.05, 3.63) is 29.8 Å². The quantitative estimate of drug-likeness (QED) is 0.244. The van der Waals surface area contributed by atoms with Gasteiger partial charge in [-0.1, -0.05) is 0 Å². The summed E-state index contributed by atoms with van der Waals surface area (Å²) in [6.45, 7) is 4.74. The maximum atomic E-state index is 12.7. The Morgan fingerprint density at radius 1 is 0.829 bits per heavy atom. The predicted molar refractivity (Wildman–Crippen MR) is 134 cm³/mol. The average molecular weight is 491 g/mol. The SMILES string of the molecule is CNC(=O)[C@H](C)NC(=O)[C@H](CCCCNC(=O)c1ccc(N(C)C)cc1)NC(=O)[C@H](C)NC(C)=O. The van der Waals surface area contributed by atoms with Crippen molar-refractivity contribution in [3.63, 3.8) is 0 Å². The smallest absolute Gasteiger partial charge is 0.251 e. The highest BCUT2D eigenvalue weighted by molar-refractivity contribution is 5.95. The number of nitrogens with zero attached hydrogens (tertiary/aromatic N) is 1. The Hall–Kier alpha value is -3.63. The number of carbonyl (C=O) groups is 5. The van der Waals surface area contributed by atoms with Crippen molar-refractivity contribution >= 4 is 35.2 Å². The van der Waals surface area contributed by atoms with E-state index in [1.807, 2.05) is 31.1 Å². The molecular weight excluding hydrogens is 452 g/mol. The maximum absolute atomic E-state index is 12.7. The molecule has 0 radical (unpaired) electrons. The van der Waals surface area contributed by atoms with Gasteiger partial charge in [-0.3, -0.25) is 24.0 Å². The summed E-state index contributed by atoms with van der Waals surface area (Å²) in [5, 5.41) is 13.0. The van der Waals surface area contributed by atoms with E-state index in [9.17, 15) is 24.0 Å². The molecule has 1 aromatic rings. The molecule has 0 saturated heterocycles. The van der Waals surface area contributed by atoms with Crippen LogP contribution in [0.2, 0.25) is 0 Å². The summed E-state index contributed by atoms with van der Waals surface area (Å²) in [5.74, 6) is -1.94. The molecule has 0 aromatic heterocycles. The Bertz CT molecular complexity index is 887. The van der Waals surface area contributed by atoms with Gasteiger partial charge in [0.2, 0.25) is 23.6 Å². The lowest BCUT2D eigenvalue weighted by molar-refractivity contribution is -0.133. The molecule has 5 N–H and O–H groups in total. The summed E-state index contributed by atoms with van der Waals surface area (Å²) in [4.78, 5) is 62.4. The van der Waals surface area contributed by atoms with Crippen LogP contribution >= 0.6 is 0 Å². The van der Waals surface area contributed by atoms with Crippen LogP contribution in [0.3, 0.4) is 0 Å². The number of amides is 5. The molecule has 1 rings (SSSR count). The summed E-state index contributed by atoms with van der Waals surface area (Å²) in [6, 6.07) is 4.73. The Kier molecular flexibility index (Phi) is 12.3. The zero-order valence-corrected chi connectivity index (χ0v) is 21.4. The van der Waals surface area contributed by atoms with Gasteiger partial charge in [0.15, 0.2) is 0 Å². The highest BCUT2D eigenvalue weighted by Gasteiger charge is 2.26. The van der Waals surface area contributed by atoms with Crippen LogP contribution in [0, 0.1) is 0 Å². The number of benzene rings is 1. The zero-order valence-electron chi connectivity index (χ0n) is 21.4. The summed E-state index contributed by atoms with van der Waals surface area (Å²) in [7, 11) is 5.31. The third-order valence-corrected chi connectivity index (χ3v) is 5.30. The molecule has 0 spiro atoms. The molecule has 0 aliphatic heterocycles. The van der Waals surface area contributed by atoms with Gasteiger partial charge in [-0.05, 0) is 57.4 Å². The first-order valence-electron chi connectivity index (χ1n) is 11.6. The van der Waals surface area contributed by atoms with Gasteiger partial charge in [0, 0.05) is 45.9 Å². The second-order valence-corrected chi connectivity index (χ2v) is 8.52. The molecule has 0 unspecified atom stereocenters. The van der Waals surface area contributed by atoms with Crippen molar-refractivity contribution in [1.82, 2.24) is 26.6 Å². The highest BCUT2D eigenvalue weighted by atomic mass is 16.2. The van der Waals surface area contributed by atoms with E-state index in [2.05, 4.69) is 26.6 Å². The number of likely N-dealkylation sites (N-methyl/N-ethyl adjacent to an activating group) is 1. The standard InChI is InChI=1S/C24H38N6O5/c1-15(21(32)25-4)28-24(35)20(29-22(33)16(2)27-17(3)31)9-7-8-14-26-23(34)18-10-12-19(13-11-18)30(5)6/h10-13,15-16,20H,7-9,14H2,1-6H3,(H,25,32)(H,26,34)(H,27,31)(H,28,35)(H,29,33)/t15-,16-,20-/m0/s1. The lowest BCUT2D eigenvalue weighted by Crippen LogP contribution is -2.55.